The second kappa shape index (κ2) is 7.05. The standard InChI is InChI=1S/C14H29N/c1-7-8-9-10-12(2)13(3)11-15-14(4,5)6/h7,12-13,15H,1,8-11H2,2-6H3. The van der Waals surface area contributed by atoms with Crippen molar-refractivity contribution in [3.63, 3.8) is 0 Å². The quantitative estimate of drug-likeness (QED) is 0.496. The highest BCUT2D eigenvalue weighted by molar-refractivity contribution is 4.74. The molecule has 0 aliphatic carbocycles. The zero-order valence-electron chi connectivity index (χ0n) is 11.3. The molecular weight excluding hydrogens is 182 g/mol. The molecule has 0 fully saturated rings. The van der Waals surface area contributed by atoms with Crippen molar-refractivity contribution in [2.24, 2.45) is 11.8 Å². The number of allylic oxidation sites excluding steroid dienone is 1. The summed E-state index contributed by atoms with van der Waals surface area (Å²) in [4.78, 5) is 0. The first-order chi connectivity index (χ1) is 6.87. The monoisotopic (exact) mass is 211 g/mol. The highest BCUT2D eigenvalue weighted by atomic mass is 14.9. The fourth-order valence-electron chi connectivity index (χ4n) is 1.54. The van der Waals surface area contributed by atoms with Crippen molar-refractivity contribution in [3.8, 4) is 0 Å². The van der Waals surface area contributed by atoms with E-state index in [-0.39, 0.29) is 5.54 Å². The van der Waals surface area contributed by atoms with Gasteiger partial charge in [-0.15, -0.1) is 6.58 Å². The number of nitrogens with one attached hydrogen (secondary N) is 1. The first kappa shape index (κ1) is 14.7. The summed E-state index contributed by atoms with van der Waals surface area (Å²) in [5.41, 5.74) is 0.245. The first-order valence-electron chi connectivity index (χ1n) is 6.22. The highest BCUT2D eigenvalue weighted by Gasteiger charge is 2.15. The maximum absolute atomic E-state index is 3.76. The van der Waals surface area contributed by atoms with Gasteiger partial charge < -0.3 is 5.32 Å². The van der Waals surface area contributed by atoms with E-state index in [2.05, 4.69) is 46.5 Å². The van der Waals surface area contributed by atoms with Crippen LogP contribution in [0.4, 0.5) is 0 Å². The Labute approximate surface area is 96.3 Å². The number of hydrogen-bond donors (Lipinski definition) is 1. The van der Waals surface area contributed by atoms with E-state index in [0.29, 0.717) is 0 Å². The SMILES string of the molecule is C=CCCCC(C)C(C)CNC(C)(C)C. The van der Waals surface area contributed by atoms with Crippen molar-refractivity contribution in [1.29, 1.82) is 0 Å². The molecule has 1 heteroatoms. The fourth-order valence-corrected chi connectivity index (χ4v) is 1.54. The topological polar surface area (TPSA) is 12.0 Å². The molecule has 0 spiro atoms. The lowest BCUT2D eigenvalue weighted by atomic mass is 9.90. The van der Waals surface area contributed by atoms with Gasteiger partial charge in [-0.05, 0) is 52.0 Å². The highest BCUT2D eigenvalue weighted by Crippen LogP contribution is 2.18. The van der Waals surface area contributed by atoms with Crippen molar-refractivity contribution in [2.75, 3.05) is 6.54 Å². The normalized spacial score (nSPS) is 16.1. The minimum Gasteiger partial charge on any atom is -0.312 e. The first-order valence-corrected chi connectivity index (χ1v) is 6.22. The molecule has 0 aliphatic heterocycles. The molecule has 0 aromatic carbocycles. The van der Waals surface area contributed by atoms with Crippen LogP contribution < -0.4 is 5.32 Å². The van der Waals surface area contributed by atoms with E-state index in [1.165, 1.54) is 12.8 Å². The molecule has 1 nitrogen and oxygen atoms in total. The second-order valence-corrected chi connectivity index (χ2v) is 5.81. The molecule has 0 radical (unpaired) electrons. The van der Waals surface area contributed by atoms with Crippen LogP contribution in [0.5, 0.6) is 0 Å². The Morgan fingerprint density at radius 2 is 1.80 bits per heavy atom. The van der Waals surface area contributed by atoms with Gasteiger partial charge in [-0.25, -0.2) is 0 Å². The summed E-state index contributed by atoms with van der Waals surface area (Å²) in [6.45, 7) is 16.3. The largest absolute Gasteiger partial charge is 0.312 e. The molecule has 2 unspecified atom stereocenters. The summed E-state index contributed by atoms with van der Waals surface area (Å²) in [7, 11) is 0. The molecule has 0 heterocycles. The second-order valence-electron chi connectivity index (χ2n) is 5.81. The Balaban J connectivity index is 3.68. The molecular formula is C14H29N. The van der Waals surface area contributed by atoms with Gasteiger partial charge in [0.05, 0.1) is 0 Å². The van der Waals surface area contributed by atoms with Gasteiger partial charge in [0, 0.05) is 5.54 Å². The molecule has 0 aliphatic rings. The van der Waals surface area contributed by atoms with Crippen LogP contribution in [-0.4, -0.2) is 12.1 Å². The zero-order chi connectivity index (χ0) is 11.9. The Morgan fingerprint density at radius 1 is 1.20 bits per heavy atom. The molecule has 0 bridgehead atoms. The van der Waals surface area contributed by atoms with Gasteiger partial charge in [0.2, 0.25) is 0 Å². The predicted octanol–water partition coefficient (Wildman–Crippen LogP) is 4.00. The molecule has 15 heavy (non-hydrogen) atoms. The summed E-state index contributed by atoms with van der Waals surface area (Å²) in [5.74, 6) is 1.56. The van der Waals surface area contributed by atoms with Crippen molar-refractivity contribution in [2.45, 2.75) is 59.4 Å². The van der Waals surface area contributed by atoms with Crippen LogP contribution in [0.25, 0.3) is 0 Å². The predicted molar refractivity (Wildman–Crippen MR) is 70.1 cm³/mol. The van der Waals surface area contributed by atoms with Gasteiger partial charge in [0.25, 0.3) is 0 Å². The van der Waals surface area contributed by atoms with E-state index in [0.717, 1.165) is 24.8 Å². The number of unbranched alkanes of at least 4 members (excludes halogenated alkanes) is 1. The maximum Gasteiger partial charge on any atom is 0.00966 e. The van der Waals surface area contributed by atoms with E-state index in [1.54, 1.807) is 0 Å². The molecule has 2 atom stereocenters. The van der Waals surface area contributed by atoms with E-state index < -0.39 is 0 Å². The van der Waals surface area contributed by atoms with Crippen molar-refractivity contribution >= 4 is 0 Å². The number of hydrogen-bond acceptors (Lipinski definition) is 1. The van der Waals surface area contributed by atoms with Gasteiger partial charge >= 0.3 is 0 Å². The van der Waals surface area contributed by atoms with Gasteiger partial charge in [-0.2, -0.15) is 0 Å². The Morgan fingerprint density at radius 3 is 2.27 bits per heavy atom. The van der Waals surface area contributed by atoms with E-state index in [4.69, 9.17) is 0 Å². The molecule has 0 saturated heterocycles. The van der Waals surface area contributed by atoms with Gasteiger partial charge in [0.1, 0.15) is 0 Å². The minimum atomic E-state index is 0.245. The average Bonchev–Trinajstić information content (AvgIpc) is 2.13. The molecule has 1 N–H and O–H groups in total. The Bertz CT molecular complexity index is 167. The van der Waals surface area contributed by atoms with E-state index >= 15 is 0 Å². The molecule has 0 amide bonds. The Kier molecular flexibility index (Phi) is 6.91. The lowest BCUT2D eigenvalue weighted by Crippen LogP contribution is -2.39. The van der Waals surface area contributed by atoms with Crippen molar-refractivity contribution in [1.82, 2.24) is 5.32 Å². The third-order valence-corrected chi connectivity index (χ3v) is 2.99. The lowest BCUT2D eigenvalue weighted by molar-refractivity contribution is 0.304. The van der Waals surface area contributed by atoms with E-state index in [1.807, 2.05) is 6.08 Å². The van der Waals surface area contributed by atoms with Crippen LogP contribution in [0.3, 0.4) is 0 Å². The molecule has 0 aromatic rings. The smallest absolute Gasteiger partial charge is 0.00966 e. The van der Waals surface area contributed by atoms with Crippen LogP contribution in [0, 0.1) is 11.8 Å². The summed E-state index contributed by atoms with van der Waals surface area (Å²) >= 11 is 0. The lowest BCUT2D eigenvalue weighted by Gasteiger charge is -2.26. The van der Waals surface area contributed by atoms with Crippen LogP contribution >= 0.6 is 0 Å². The minimum absolute atomic E-state index is 0.245. The van der Waals surface area contributed by atoms with Crippen LogP contribution in [-0.2, 0) is 0 Å². The van der Waals surface area contributed by atoms with Gasteiger partial charge in [0.15, 0.2) is 0 Å². The number of rotatable bonds is 7. The van der Waals surface area contributed by atoms with E-state index in [9.17, 15) is 0 Å². The summed E-state index contributed by atoms with van der Waals surface area (Å²) < 4.78 is 0. The van der Waals surface area contributed by atoms with Crippen LogP contribution in [0.1, 0.15) is 53.9 Å². The average molecular weight is 211 g/mol. The zero-order valence-corrected chi connectivity index (χ0v) is 11.3. The Hall–Kier alpha value is -0.300. The third kappa shape index (κ3) is 8.68. The fraction of sp³-hybridized carbons (Fsp3) is 0.857. The maximum atomic E-state index is 3.76. The summed E-state index contributed by atoms with van der Waals surface area (Å²) in [6.07, 6.45) is 5.78. The summed E-state index contributed by atoms with van der Waals surface area (Å²) in [6, 6.07) is 0. The molecule has 90 valence electrons. The summed E-state index contributed by atoms with van der Waals surface area (Å²) in [5, 5.41) is 3.57. The van der Waals surface area contributed by atoms with Gasteiger partial charge in [-0.1, -0.05) is 26.3 Å². The molecule has 0 aromatic heterocycles. The third-order valence-electron chi connectivity index (χ3n) is 2.99. The van der Waals surface area contributed by atoms with Crippen LogP contribution in [0.15, 0.2) is 12.7 Å². The van der Waals surface area contributed by atoms with Gasteiger partial charge in [-0.3, -0.25) is 0 Å². The molecule has 0 saturated carbocycles. The van der Waals surface area contributed by atoms with Crippen molar-refractivity contribution < 1.29 is 0 Å². The van der Waals surface area contributed by atoms with Crippen molar-refractivity contribution in [3.05, 3.63) is 12.7 Å². The van der Waals surface area contributed by atoms with Crippen LogP contribution in [0.2, 0.25) is 0 Å². The molecule has 0 rings (SSSR count).